The summed E-state index contributed by atoms with van der Waals surface area (Å²) < 4.78 is 4.95. The Kier molecular flexibility index (Phi) is 4.80. The molecule has 0 spiro atoms. The largest absolute Gasteiger partial charge is 0.353 e. The Hall–Kier alpha value is -1.37. The molecule has 6 nitrogen and oxygen atoms in total. The quantitative estimate of drug-likeness (QED) is 0.913. The molecule has 0 saturated carbocycles. The summed E-state index contributed by atoms with van der Waals surface area (Å²) in [6.45, 7) is 5.47. The number of hydrogen-bond acceptors (Lipinski definition) is 6. The van der Waals surface area contributed by atoms with E-state index >= 15 is 0 Å². The summed E-state index contributed by atoms with van der Waals surface area (Å²) >= 11 is 6.31. The summed E-state index contributed by atoms with van der Waals surface area (Å²) in [5, 5.41) is 7.77. The van der Waals surface area contributed by atoms with E-state index < -0.39 is 0 Å². The van der Waals surface area contributed by atoms with Gasteiger partial charge in [-0.25, -0.2) is 4.98 Å². The zero-order valence-corrected chi connectivity index (χ0v) is 12.5. The predicted molar refractivity (Wildman–Crippen MR) is 79.6 cm³/mol. The molecule has 1 saturated heterocycles. The van der Waals surface area contributed by atoms with Crippen LogP contribution >= 0.6 is 24.0 Å². The Labute approximate surface area is 127 Å². The summed E-state index contributed by atoms with van der Waals surface area (Å²) in [5.41, 5.74) is 0.765. The van der Waals surface area contributed by atoms with Crippen molar-refractivity contribution in [3.8, 4) is 11.4 Å². The van der Waals surface area contributed by atoms with Crippen molar-refractivity contribution in [2.45, 2.75) is 6.92 Å². The van der Waals surface area contributed by atoms with Crippen LogP contribution in [0.1, 0.15) is 5.89 Å². The van der Waals surface area contributed by atoms with Crippen molar-refractivity contribution in [3.63, 3.8) is 0 Å². The highest BCUT2D eigenvalue weighted by molar-refractivity contribution is 6.33. The number of nitrogens with zero attached hydrogens (tertiary/aromatic N) is 4. The molecule has 3 heterocycles. The van der Waals surface area contributed by atoms with Crippen LogP contribution < -0.4 is 10.2 Å². The molecule has 0 atom stereocenters. The van der Waals surface area contributed by atoms with E-state index in [0.717, 1.165) is 37.6 Å². The lowest BCUT2D eigenvalue weighted by molar-refractivity contribution is 0.394. The van der Waals surface area contributed by atoms with E-state index in [2.05, 4.69) is 25.3 Å². The molecule has 108 valence electrons. The van der Waals surface area contributed by atoms with E-state index in [1.165, 1.54) is 0 Å². The minimum absolute atomic E-state index is 0. The van der Waals surface area contributed by atoms with E-state index in [4.69, 9.17) is 16.1 Å². The van der Waals surface area contributed by atoms with Crippen molar-refractivity contribution < 1.29 is 4.52 Å². The number of rotatable bonds is 2. The van der Waals surface area contributed by atoms with Gasteiger partial charge in [-0.15, -0.1) is 12.4 Å². The standard InChI is InChI=1S/C12H14ClN5O.ClH/c1-8-16-11(17-19-8)9-6-10(13)12(15-7-9)18-4-2-14-3-5-18;/h6-7,14H,2-5H2,1H3;1H. The number of pyridine rings is 1. The molecule has 0 aliphatic carbocycles. The molecule has 2 aromatic rings. The Morgan fingerprint density at radius 3 is 2.70 bits per heavy atom. The lowest BCUT2D eigenvalue weighted by atomic mass is 10.2. The monoisotopic (exact) mass is 315 g/mol. The highest BCUT2D eigenvalue weighted by Gasteiger charge is 2.16. The van der Waals surface area contributed by atoms with Crippen molar-refractivity contribution in [2.75, 3.05) is 31.1 Å². The van der Waals surface area contributed by atoms with Crippen LogP contribution in [0.3, 0.4) is 0 Å². The molecule has 1 aliphatic heterocycles. The van der Waals surface area contributed by atoms with Gasteiger partial charge in [0.05, 0.1) is 5.02 Å². The van der Waals surface area contributed by atoms with Crippen LogP contribution in [0, 0.1) is 6.92 Å². The first-order valence-corrected chi connectivity index (χ1v) is 6.54. The average molecular weight is 316 g/mol. The fourth-order valence-electron chi connectivity index (χ4n) is 2.08. The lowest BCUT2D eigenvalue weighted by Crippen LogP contribution is -2.44. The summed E-state index contributed by atoms with van der Waals surface area (Å²) in [6, 6.07) is 1.83. The highest BCUT2D eigenvalue weighted by Crippen LogP contribution is 2.27. The van der Waals surface area contributed by atoms with Crippen LogP contribution in [-0.2, 0) is 0 Å². The fourth-order valence-corrected chi connectivity index (χ4v) is 2.36. The van der Waals surface area contributed by atoms with Crippen LogP contribution in [0.25, 0.3) is 11.4 Å². The summed E-state index contributed by atoms with van der Waals surface area (Å²) in [7, 11) is 0. The first-order valence-electron chi connectivity index (χ1n) is 6.16. The van der Waals surface area contributed by atoms with Crippen LogP contribution in [0.4, 0.5) is 5.82 Å². The van der Waals surface area contributed by atoms with Crippen molar-refractivity contribution in [1.82, 2.24) is 20.4 Å². The molecule has 0 bridgehead atoms. The molecular formula is C12H15Cl2N5O. The maximum Gasteiger partial charge on any atom is 0.223 e. The van der Waals surface area contributed by atoms with Crippen LogP contribution in [-0.4, -0.2) is 41.3 Å². The van der Waals surface area contributed by atoms with Gasteiger partial charge in [0.2, 0.25) is 11.7 Å². The second-order valence-electron chi connectivity index (χ2n) is 4.40. The molecule has 0 unspecified atom stereocenters. The summed E-state index contributed by atoms with van der Waals surface area (Å²) in [4.78, 5) is 10.8. The van der Waals surface area contributed by atoms with Crippen molar-refractivity contribution in [3.05, 3.63) is 23.2 Å². The van der Waals surface area contributed by atoms with Gasteiger partial charge in [0.1, 0.15) is 5.82 Å². The zero-order valence-electron chi connectivity index (χ0n) is 11.0. The molecular weight excluding hydrogens is 301 g/mol. The highest BCUT2D eigenvalue weighted by atomic mass is 35.5. The maximum absolute atomic E-state index is 6.31. The number of aromatic nitrogens is 3. The molecule has 1 N–H and O–H groups in total. The van der Waals surface area contributed by atoms with Gasteiger partial charge < -0.3 is 14.7 Å². The molecule has 3 rings (SSSR count). The summed E-state index contributed by atoms with van der Waals surface area (Å²) in [6.07, 6.45) is 1.73. The molecule has 0 aromatic carbocycles. The number of nitrogens with one attached hydrogen (secondary N) is 1. The third-order valence-electron chi connectivity index (χ3n) is 3.02. The summed E-state index contributed by atoms with van der Waals surface area (Å²) in [5.74, 6) is 1.85. The molecule has 0 amide bonds. The fraction of sp³-hybridized carbons (Fsp3) is 0.417. The van der Waals surface area contributed by atoms with E-state index in [-0.39, 0.29) is 12.4 Å². The molecule has 0 radical (unpaired) electrons. The number of halogens is 2. The van der Waals surface area contributed by atoms with Gasteiger partial charge in [-0.3, -0.25) is 0 Å². The normalized spacial score (nSPS) is 15.0. The van der Waals surface area contributed by atoms with Gasteiger partial charge in [0.25, 0.3) is 0 Å². The molecule has 1 aliphatic rings. The maximum atomic E-state index is 6.31. The topological polar surface area (TPSA) is 67.1 Å². The van der Waals surface area contributed by atoms with E-state index in [0.29, 0.717) is 16.7 Å². The van der Waals surface area contributed by atoms with Crippen LogP contribution in [0.15, 0.2) is 16.8 Å². The average Bonchev–Trinajstić information content (AvgIpc) is 2.86. The van der Waals surface area contributed by atoms with Crippen molar-refractivity contribution >= 4 is 29.8 Å². The van der Waals surface area contributed by atoms with E-state index in [1.54, 1.807) is 13.1 Å². The second-order valence-corrected chi connectivity index (χ2v) is 4.81. The third kappa shape index (κ3) is 3.03. The van der Waals surface area contributed by atoms with Gasteiger partial charge in [-0.2, -0.15) is 4.98 Å². The van der Waals surface area contributed by atoms with Gasteiger partial charge in [-0.1, -0.05) is 16.8 Å². The number of piperazine rings is 1. The molecule has 8 heteroatoms. The smallest absolute Gasteiger partial charge is 0.223 e. The van der Waals surface area contributed by atoms with Gasteiger partial charge in [-0.05, 0) is 6.07 Å². The van der Waals surface area contributed by atoms with Gasteiger partial charge in [0.15, 0.2) is 0 Å². The second kappa shape index (κ2) is 6.39. The number of aryl methyl sites for hydroxylation is 1. The Morgan fingerprint density at radius 2 is 2.10 bits per heavy atom. The van der Waals surface area contributed by atoms with Crippen molar-refractivity contribution in [1.29, 1.82) is 0 Å². The molecule has 2 aromatic heterocycles. The SMILES string of the molecule is Cc1nc(-c2cnc(N3CCNCC3)c(Cl)c2)no1.Cl. The Morgan fingerprint density at radius 1 is 1.35 bits per heavy atom. The minimum atomic E-state index is 0. The Balaban J connectivity index is 0.00000147. The zero-order chi connectivity index (χ0) is 13.2. The molecule has 1 fully saturated rings. The number of anilines is 1. The minimum Gasteiger partial charge on any atom is -0.353 e. The third-order valence-corrected chi connectivity index (χ3v) is 3.30. The first kappa shape index (κ1) is 15.0. The van der Waals surface area contributed by atoms with Gasteiger partial charge >= 0.3 is 0 Å². The van der Waals surface area contributed by atoms with E-state index in [9.17, 15) is 0 Å². The van der Waals surface area contributed by atoms with E-state index in [1.807, 2.05) is 6.07 Å². The first-order chi connectivity index (χ1) is 9.24. The lowest BCUT2D eigenvalue weighted by Gasteiger charge is -2.29. The van der Waals surface area contributed by atoms with Crippen LogP contribution in [0.5, 0.6) is 0 Å². The molecule has 20 heavy (non-hydrogen) atoms. The van der Waals surface area contributed by atoms with Gasteiger partial charge in [0, 0.05) is 44.9 Å². The van der Waals surface area contributed by atoms with Crippen molar-refractivity contribution in [2.24, 2.45) is 0 Å². The van der Waals surface area contributed by atoms with Crippen LogP contribution in [0.2, 0.25) is 5.02 Å². The predicted octanol–water partition coefficient (Wildman–Crippen LogP) is 1.92. The number of hydrogen-bond donors (Lipinski definition) is 1. The Bertz CT molecular complexity index is 583.